The van der Waals surface area contributed by atoms with E-state index < -0.39 is 0 Å². The predicted octanol–water partition coefficient (Wildman–Crippen LogP) is 3.43. The minimum atomic E-state index is 0.736. The molecule has 2 N–H and O–H groups in total. The maximum Gasteiger partial charge on any atom is 0.0346 e. The van der Waals surface area contributed by atoms with E-state index >= 15 is 0 Å². The Morgan fingerprint density at radius 2 is 2.11 bits per heavy atom. The lowest BCUT2D eigenvalue weighted by atomic mass is 9.99. The van der Waals surface area contributed by atoms with Crippen molar-refractivity contribution in [3.05, 3.63) is 54.4 Å². The van der Waals surface area contributed by atoms with Crippen molar-refractivity contribution in [1.82, 2.24) is 4.98 Å². The van der Waals surface area contributed by atoms with Crippen molar-refractivity contribution in [2.45, 2.75) is 6.92 Å². The Balaban J connectivity index is 2.52. The largest absolute Gasteiger partial charge is 0.399 e. The van der Waals surface area contributed by atoms with Crippen LogP contribution in [0, 0.1) is 0 Å². The van der Waals surface area contributed by atoms with Crippen molar-refractivity contribution in [2.24, 2.45) is 4.99 Å². The summed E-state index contributed by atoms with van der Waals surface area (Å²) in [6.45, 7) is 1.99. The summed E-state index contributed by atoms with van der Waals surface area (Å²) >= 11 is 0. The first-order valence-corrected chi connectivity index (χ1v) is 6.14. The van der Waals surface area contributed by atoms with Crippen LogP contribution in [0.2, 0.25) is 0 Å². The SMILES string of the molecule is C/C=C(\C=NC)c1cc(N)cc(-c2cccnc2)c1. The first-order chi connectivity index (χ1) is 9.24. The van der Waals surface area contributed by atoms with Gasteiger partial charge in [-0.3, -0.25) is 9.98 Å². The fraction of sp³-hybridized carbons (Fsp3) is 0.125. The monoisotopic (exact) mass is 251 g/mol. The summed E-state index contributed by atoms with van der Waals surface area (Å²) < 4.78 is 0. The average molecular weight is 251 g/mol. The number of aromatic nitrogens is 1. The highest BCUT2D eigenvalue weighted by atomic mass is 14.6. The van der Waals surface area contributed by atoms with Crippen LogP contribution in [0.25, 0.3) is 16.7 Å². The van der Waals surface area contributed by atoms with Gasteiger partial charge in [-0.2, -0.15) is 0 Å². The average Bonchev–Trinajstić information content (AvgIpc) is 2.45. The summed E-state index contributed by atoms with van der Waals surface area (Å²) in [7, 11) is 1.76. The molecule has 3 nitrogen and oxygen atoms in total. The zero-order chi connectivity index (χ0) is 13.7. The van der Waals surface area contributed by atoms with Crippen LogP contribution in [-0.4, -0.2) is 18.2 Å². The molecule has 0 atom stereocenters. The number of nitrogen functional groups attached to an aromatic ring is 1. The summed E-state index contributed by atoms with van der Waals surface area (Å²) in [6, 6.07) is 9.95. The lowest BCUT2D eigenvalue weighted by molar-refractivity contribution is 1.33. The minimum Gasteiger partial charge on any atom is -0.399 e. The van der Waals surface area contributed by atoms with Gasteiger partial charge in [-0.25, -0.2) is 0 Å². The number of benzene rings is 1. The van der Waals surface area contributed by atoms with Gasteiger partial charge >= 0.3 is 0 Å². The van der Waals surface area contributed by atoms with Crippen LogP contribution in [0.5, 0.6) is 0 Å². The molecule has 0 aliphatic rings. The zero-order valence-electron chi connectivity index (χ0n) is 11.2. The standard InChI is InChI=1S/C16H17N3/c1-3-12(10-18-2)14-7-15(9-16(17)8-14)13-5-4-6-19-11-13/h3-11H,17H2,1-2H3/b12-3+,18-10?. The van der Waals surface area contributed by atoms with Crippen LogP contribution in [0.4, 0.5) is 5.69 Å². The number of rotatable bonds is 3. The van der Waals surface area contributed by atoms with Crippen molar-refractivity contribution < 1.29 is 0 Å². The molecule has 0 aliphatic carbocycles. The number of hydrogen-bond donors (Lipinski definition) is 1. The molecule has 0 saturated heterocycles. The molecular formula is C16H17N3. The second-order valence-corrected chi connectivity index (χ2v) is 4.22. The Hall–Kier alpha value is -2.42. The number of hydrogen-bond acceptors (Lipinski definition) is 3. The highest BCUT2D eigenvalue weighted by Gasteiger charge is 2.04. The Kier molecular flexibility index (Phi) is 4.08. The highest BCUT2D eigenvalue weighted by Crippen LogP contribution is 2.26. The summed E-state index contributed by atoms with van der Waals surface area (Å²) in [5, 5.41) is 0. The third-order valence-corrected chi connectivity index (χ3v) is 2.86. The van der Waals surface area contributed by atoms with E-state index in [0.29, 0.717) is 0 Å². The van der Waals surface area contributed by atoms with Gasteiger partial charge in [0.15, 0.2) is 0 Å². The third kappa shape index (κ3) is 3.07. The topological polar surface area (TPSA) is 51.3 Å². The van der Waals surface area contributed by atoms with E-state index in [1.54, 1.807) is 13.2 Å². The fourth-order valence-corrected chi connectivity index (χ4v) is 1.97. The molecular weight excluding hydrogens is 234 g/mol. The number of nitrogens with zero attached hydrogens (tertiary/aromatic N) is 2. The summed E-state index contributed by atoms with van der Waals surface area (Å²) in [5.74, 6) is 0. The molecule has 0 saturated carbocycles. The molecule has 0 amide bonds. The van der Waals surface area contributed by atoms with Gasteiger partial charge in [-0.1, -0.05) is 12.1 Å². The number of aliphatic imine (C=N–C) groups is 1. The van der Waals surface area contributed by atoms with Crippen molar-refractivity contribution in [3.8, 4) is 11.1 Å². The number of allylic oxidation sites excluding steroid dienone is 2. The normalized spacial score (nSPS) is 12.0. The molecule has 0 radical (unpaired) electrons. The molecule has 0 aliphatic heterocycles. The third-order valence-electron chi connectivity index (χ3n) is 2.86. The molecule has 1 aromatic heterocycles. The van der Waals surface area contributed by atoms with Gasteiger partial charge in [0, 0.05) is 36.9 Å². The molecule has 1 aromatic carbocycles. The Morgan fingerprint density at radius 3 is 2.74 bits per heavy atom. The molecule has 0 fully saturated rings. The zero-order valence-corrected chi connectivity index (χ0v) is 11.2. The summed E-state index contributed by atoms with van der Waals surface area (Å²) in [4.78, 5) is 8.21. The quantitative estimate of drug-likeness (QED) is 0.671. The summed E-state index contributed by atoms with van der Waals surface area (Å²) in [6.07, 6.45) is 7.45. The van der Waals surface area contributed by atoms with Gasteiger partial charge in [0.1, 0.15) is 0 Å². The molecule has 2 aromatic rings. The van der Waals surface area contributed by atoms with Crippen LogP contribution in [-0.2, 0) is 0 Å². The van der Waals surface area contributed by atoms with Crippen LogP contribution in [0.1, 0.15) is 12.5 Å². The first-order valence-electron chi connectivity index (χ1n) is 6.14. The molecule has 1 heterocycles. The van der Waals surface area contributed by atoms with Gasteiger partial charge in [-0.15, -0.1) is 0 Å². The fourth-order valence-electron chi connectivity index (χ4n) is 1.97. The minimum absolute atomic E-state index is 0.736. The maximum atomic E-state index is 5.99. The predicted molar refractivity (Wildman–Crippen MR) is 82.2 cm³/mol. The maximum absolute atomic E-state index is 5.99. The molecule has 3 heteroatoms. The van der Waals surface area contributed by atoms with Crippen molar-refractivity contribution >= 4 is 17.5 Å². The van der Waals surface area contributed by atoms with E-state index in [4.69, 9.17) is 5.73 Å². The van der Waals surface area contributed by atoms with Gasteiger partial charge in [0.05, 0.1) is 0 Å². The van der Waals surface area contributed by atoms with Crippen LogP contribution >= 0.6 is 0 Å². The molecule has 0 unspecified atom stereocenters. The number of anilines is 1. The van der Waals surface area contributed by atoms with E-state index in [1.807, 2.05) is 49.7 Å². The van der Waals surface area contributed by atoms with Gasteiger partial charge in [0.2, 0.25) is 0 Å². The van der Waals surface area contributed by atoms with E-state index in [2.05, 4.69) is 16.0 Å². The van der Waals surface area contributed by atoms with E-state index in [9.17, 15) is 0 Å². The van der Waals surface area contributed by atoms with Gasteiger partial charge in [-0.05, 0) is 47.9 Å². The van der Waals surface area contributed by atoms with Crippen LogP contribution in [0.3, 0.4) is 0 Å². The number of pyridine rings is 1. The molecule has 96 valence electrons. The van der Waals surface area contributed by atoms with Crippen molar-refractivity contribution in [2.75, 3.05) is 12.8 Å². The van der Waals surface area contributed by atoms with Gasteiger partial charge < -0.3 is 5.73 Å². The Labute approximate surface area is 113 Å². The first kappa shape index (κ1) is 13.0. The lowest BCUT2D eigenvalue weighted by Crippen LogP contribution is -1.92. The molecule has 2 rings (SSSR count). The van der Waals surface area contributed by atoms with E-state index in [1.165, 1.54) is 0 Å². The van der Waals surface area contributed by atoms with E-state index in [-0.39, 0.29) is 0 Å². The van der Waals surface area contributed by atoms with Crippen LogP contribution in [0.15, 0.2) is 53.8 Å². The van der Waals surface area contributed by atoms with Crippen LogP contribution < -0.4 is 5.73 Å². The smallest absolute Gasteiger partial charge is 0.0346 e. The van der Waals surface area contributed by atoms with E-state index in [0.717, 1.165) is 28.0 Å². The second-order valence-electron chi connectivity index (χ2n) is 4.22. The second kappa shape index (κ2) is 5.96. The molecule has 0 spiro atoms. The summed E-state index contributed by atoms with van der Waals surface area (Å²) in [5.41, 5.74) is 11.0. The number of nitrogens with two attached hydrogens (primary N) is 1. The lowest BCUT2D eigenvalue weighted by Gasteiger charge is -2.08. The van der Waals surface area contributed by atoms with Gasteiger partial charge in [0.25, 0.3) is 0 Å². The highest BCUT2D eigenvalue weighted by molar-refractivity contribution is 6.10. The van der Waals surface area contributed by atoms with Crippen molar-refractivity contribution in [3.63, 3.8) is 0 Å². The van der Waals surface area contributed by atoms with Crippen molar-refractivity contribution in [1.29, 1.82) is 0 Å². The molecule has 0 bridgehead atoms. The molecule has 19 heavy (non-hydrogen) atoms. The Bertz CT molecular complexity index is 613. The Morgan fingerprint density at radius 1 is 1.26 bits per heavy atom.